The van der Waals surface area contributed by atoms with Crippen molar-refractivity contribution in [1.29, 1.82) is 0 Å². The Bertz CT molecular complexity index is 506. The summed E-state index contributed by atoms with van der Waals surface area (Å²) in [5, 5.41) is 13.1. The number of nitrogens with zero attached hydrogens (tertiary/aromatic N) is 2. The zero-order valence-corrected chi connectivity index (χ0v) is 14.5. The molecule has 0 aliphatic carbocycles. The molecule has 23 heavy (non-hydrogen) atoms. The third-order valence-corrected chi connectivity index (χ3v) is 4.74. The average molecular weight is 319 g/mol. The van der Waals surface area contributed by atoms with Crippen LogP contribution in [0.1, 0.15) is 58.1 Å². The zero-order valence-electron chi connectivity index (χ0n) is 14.5. The smallest absolute Gasteiger partial charge is 0.318 e. The second-order valence-electron chi connectivity index (χ2n) is 6.93. The topological polar surface area (TPSA) is 65.5 Å². The van der Waals surface area contributed by atoms with Crippen molar-refractivity contribution < 1.29 is 9.90 Å². The molecule has 0 radical (unpaired) electrons. The maximum absolute atomic E-state index is 12.8. The number of nitrogens with one attached hydrogen (secondary N) is 1. The molecule has 128 valence electrons. The van der Waals surface area contributed by atoms with Crippen LogP contribution in [-0.2, 0) is 0 Å². The molecule has 0 unspecified atom stereocenters. The summed E-state index contributed by atoms with van der Waals surface area (Å²) in [5.74, 6) is 0.442. The number of likely N-dealkylation sites (tertiary alicyclic amines) is 1. The van der Waals surface area contributed by atoms with E-state index in [1.165, 1.54) is 0 Å². The van der Waals surface area contributed by atoms with Crippen LogP contribution >= 0.6 is 0 Å². The van der Waals surface area contributed by atoms with Gasteiger partial charge in [-0.3, -0.25) is 4.98 Å². The van der Waals surface area contributed by atoms with Gasteiger partial charge in [0, 0.05) is 18.9 Å². The lowest BCUT2D eigenvalue weighted by atomic mass is 9.87. The summed E-state index contributed by atoms with van der Waals surface area (Å²) in [7, 11) is 0. The fourth-order valence-electron chi connectivity index (χ4n) is 3.70. The molecule has 0 saturated carbocycles. The quantitative estimate of drug-likeness (QED) is 0.846. The van der Waals surface area contributed by atoms with Crippen LogP contribution in [0.2, 0.25) is 0 Å². The Hall–Kier alpha value is -1.62. The van der Waals surface area contributed by atoms with Gasteiger partial charge in [-0.2, -0.15) is 0 Å². The molecular weight excluding hydrogens is 290 g/mol. The van der Waals surface area contributed by atoms with Crippen LogP contribution in [0.4, 0.5) is 4.79 Å². The average Bonchev–Trinajstić information content (AvgIpc) is 2.96. The number of aromatic nitrogens is 1. The SMILES string of the molecule is CC[C@@H](NC(=O)N1CCC[C@@]1(CO)CC(C)C)c1ccncc1. The molecule has 1 saturated heterocycles. The lowest BCUT2D eigenvalue weighted by molar-refractivity contribution is 0.0664. The van der Waals surface area contributed by atoms with Gasteiger partial charge in [-0.25, -0.2) is 4.79 Å². The first kappa shape index (κ1) is 17.7. The monoisotopic (exact) mass is 319 g/mol. The van der Waals surface area contributed by atoms with Crippen LogP contribution < -0.4 is 5.32 Å². The summed E-state index contributed by atoms with van der Waals surface area (Å²) in [4.78, 5) is 18.7. The molecule has 5 heteroatoms. The molecule has 1 aromatic heterocycles. The van der Waals surface area contributed by atoms with Gasteiger partial charge < -0.3 is 15.3 Å². The van der Waals surface area contributed by atoms with Crippen molar-refractivity contribution in [3.05, 3.63) is 30.1 Å². The molecule has 2 N–H and O–H groups in total. The Morgan fingerprint density at radius 3 is 2.70 bits per heavy atom. The Labute approximate surface area is 139 Å². The number of carbonyl (C=O) groups is 1. The predicted octanol–water partition coefficient (Wildman–Crippen LogP) is 3.12. The third-order valence-electron chi connectivity index (χ3n) is 4.74. The van der Waals surface area contributed by atoms with Gasteiger partial charge in [0.1, 0.15) is 0 Å². The van der Waals surface area contributed by atoms with Crippen LogP contribution in [0.25, 0.3) is 0 Å². The first-order valence-corrected chi connectivity index (χ1v) is 8.61. The van der Waals surface area contributed by atoms with Gasteiger partial charge in [0.15, 0.2) is 0 Å². The fraction of sp³-hybridized carbons (Fsp3) is 0.667. The van der Waals surface area contributed by atoms with Crippen molar-refractivity contribution in [2.45, 2.75) is 58.0 Å². The Balaban J connectivity index is 2.12. The van der Waals surface area contributed by atoms with Gasteiger partial charge in [-0.05, 0) is 49.3 Å². The summed E-state index contributed by atoms with van der Waals surface area (Å²) in [6.45, 7) is 7.08. The van der Waals surface area contributed by atoms with E-state index in [1.807, 2.05) is 17.0 Å². The van der Waals surface area contributed by atoms with Gasteiger partial charge in [0.05, 0.1) is 18.2 Å². The second-order valence-corrected chi connectivity index (χ2v) is 6.93. The Morgan fingerprint density at radius 2 is 2.13 bits per heavy atom. The molecular formula is C18H29N3O2. The lowest BCUT2D eigenvalue weighted by Crippen LogP contribution is -2.54. The number of pyridine rings is 1. The van der Waals surface area contributed by atoms with Crippen molar-refractivity contribution in [3.63, 3.8) is 0 Å². The van der Waals surface area contributed by atoms with E-state index in [4.69, 9.17) is 0 Å². The minimum absolute atomic E-state index is 0.0263. The van der Waals surface area contributed by atoms with Crippen molar-refractivity contribution in [1.82, 2.24) is 15.2 Å². The maximum atomic E-state index is 12.8. The number of hydrogen-bond acceptors (Lipinski definition) is 3. The summed E-state index contributed by atoms with van der Waals surface area (Å²) in [5.41, 5.74) is 0.655. The predicted molar refractivity (Wildman–Crippen MR) is 91.0 cm³/mol. The van der Waals surface area contributed by atoms with Gasteiger partial charge in [0.2, 0.25) is 0 Å². The van der Waals surface area contributed by atoms with Gasteiger partial charge >= 0.3 is 6.03 Å². The number of aliphatic hydroxyl groups is 1. The molecule has 1 aliphatic rings. The molecule has 0 bridgehead atoms. The number of rotatable bonds is 6. The fourth-order valence-corrected chi connectivity index (χ4v) is 3.70. The molecule has 1 fully saturated rings. The molecule has 0 spiro atoms. The van der Waals surface area contributed by atoms with E-state index >= 15 is 0 Å². The minimum Gasteiger partial charge on any atom is -0.394 e. The molecule has 2 heterocycles. The van der Waals surface area contributed by atoms with Crippen LogP contribution in [0.5, 0.6) is 0 Å². The Morgan fingerprint density at radius 1 is 1.43 bits per heavy atom. The maximum Gasteiger partial charge on any atom is 0.318 e. The van der Waals surface area contributed by atoms with Crippen molar-refractivity contribution in [3.8, 4) is 0 Å². The normalized spacial score (nSPS) is 22.4. The van der Waals surface area contributed by atoms with Crippen LogP contribution in [-0.4, -0.2) is 39.7 Å². The molecule has 5 nitrogen and oxygen atoms in total. The highest BCUT2D eigenvalue weighted by Gasteiger charge is 2.43. The first-order chi connectivity index (χ1) is 11.0. The molecule has 2 amide bonds. The standard InChI is InChI=1S/C18H29N3O2/c1-4-16(15-6-9-19-10-7-15)20-17(23)21-11-5-8-18(21,13-22)12-14(2)3/h6-7,9-10,14,16,22H,4-5,8,11-13H2,1-3H3,(H,20,23)/t16-,18+/m1/s1. The van der Waals surface area contributed by atoms with E-state index in [9.17, 15) is 9.90 Å². The number of urea groups is 1. The van der Waals surface area contributed by atoms with E-state index < -0.39 is 5.54 Å². The minimum atomic E-state index is -0.408. The van der Waals surface area contributed by atoms with Crippen LogP contribution in [0.3, 0.4) is 0 Å². The lowest BCUT2D eigenvalue weighted by Gasteiger charge is -2.39. The molecule has 2 atom stereocenters. The molecule has 1 aliphatic heterocycles. The van der Waals surface area contributed by atoms with E-state index in [2.05, 4.69) is 31.1 Å². The highest BCUT2D eigenvalue weighted by atomic mass is 16.3. The van der Waals surface area contributed by atoms with E-state index in [1.54, 1.807) is 12.4 Å². The van der Waals surface area contributed by atoms with Gasteiger partial charge in [-0.15, -0.1) is 0 Å². The number of hydrogen-bond donors (Lipinski definition) is 2. The largest absolute Gasteiger partial charge is 0.394 e. The van der Waals surface area contributed by atoms with Crippen LogP contribution in [0.15, 0.2) is 24.5 Å². The van der Waals surface area contributed by atoms with E-state index in [0.29, 0.717) is 12.5 Å². The number of aliphatic hydroxyl groups excluding tert-OH is 1. The zero-order chi connectivity index (χ0) is 16.9. The van der Waals surface area contributed by atoms with Gasteiger partial charge in [0.25, 0.3) is 0 Å². The highest BCUT2D eigenvalue weighted by molar-refractivity contribution is 5.76. The summed E-state index contributed by atoms with van der Waals surface area (Å²) < 4.78 is 0. The van der Waals surface area contributed by atoms with Crippen LogP contribution in [0, 0.1) is 5.92 Å². The molecule has 2 rings (SSSR count). The number of carbonyl (C=O) groups excluding carboxylic acids is 1. The van der Waals surface area contributed by atoms with E-state index in [0.717, 1.165) is 31.2 Å². The Kier molecular flexibility index (Phi) is 5.99. The highest BCUT2D eigenvalue weighted by Crippen LogP contribution is 2.35. The van der Waals surface area contributed by atoms with Crippen molar-refractivity contribution >= 4 is 6.03 Å². The summed E-state index contributed by atoms with van der Waals surface area (Å²) >= 11 is 0. The summed E-state index contributed by atoms with van der Waals surface area (Å²) in [6, 6.07) is 3.78. The molecule has 0 aromatic carbocycles. The second kappa shape index (κ2) is 7.77. The van der Waals surface area contributed by atoms with Crippen molar-refractivity contribution in [2.75, 3.05) is 13.2 Å². The van der Waals surface area contributed by atoms with E-state index in [-0.39, 0.29) is 18.7 Å². The number of amides is 2. The first-order valence-electron chi connectivity index (χ1n) is 8.61. The van der Waals surface area contributed by atoms with Crippen molar-refractivity contribution in [2.24, 2.45) is 5.92 Å². The molecule has 1 aromatic rings. The summed E-state index contributed by atoms with van der Waals surface area (Å²) in [6.07, 6.45) is 6.98. The van der Waals surface area contributed by atoms with Gasteiger partial charge in [-0.1, -0.05) is 20.8 Å². The third kappa shape index (κ3) is 4.02.